The number of H-pyrrole nitrogens is 1. The average Bonchev–Trinajstić information content (AvgIpc) is 3.58. The van der Waals surface area contributed by atoms with E-state index in [9.17, 15) is 14.4 Å². The highest BCUT2D eigenvalue weighted by Crippen LogP contribution is 2.32. The highest BCUT2D eigenvalue weighted by molar-refractivity contribution is 5.88. The van der Waals surface area contributed by atoms with E-state index in [4.69, 9.17) is 0 Å². The van der Waals surface area contributed by atoms with E-state index in [0.717, 1.165) is 35.9 Å². The molecule has 0 aliphatic carbocycles. The number of rotatable bonds is 11. The zero-order valence-corrected chi connectivity index (χ0v) is 22.6. The molecule has 3 atom stereocenters. The molecular weight excluding hydrogens is 478 g/mol. The number of para-hydroxylation sites is 2. The van der Waals surface area contributed by atoms with Crippen LogP contribution in [-0.2, 0) is 14.4 Å². The summed E-state index contributed by atoms with van der Waals surface area (Å²) in [7, 11) is 0. The lowest BCUT2D eigenvalue weighted by atomic mass is 10.0. The number of carbonyl (C=O) groups excluding carboxylic acids is 3. The second kappa shape index (κ2) is 12.7. The van der Waals surface area contributed by atoms with Crippen LogP contribution in [0.5, 0.6) is 0 Å². The molecule has 3 aromatic rings. The van der Waals surface area contributed by atoms with Gasteiger partial charge in [-0.2, -0.15) is 0 Å². The monoisotopic (exact) mass is 517 g/mol. The Bertz CT molecular complexity index is 1210. The Balaban J connectivity index is 1.41. The van der Waals surface area contributed by atoms with Crippen LogP contribution in [0.1, 0.15) is 82.8 Å². The maximum absolute atomic E-state index is 13.3. The third kappa shape index (κ3) is 7.00. The molecule has 38 heavy (non-hydrogen) atoms. The van der Waals surface area contributed by atoms with Gasteiger partial charge in [-0.05, 0) is 56.2 Å². The fourth-order valence-corrected chi connectivity index (χ4v) is 5.01. The van der Waals surface area contributed by atoms with Crippen molar-refractivity contribution in [2.24, 2.45) is 5.92 Å². The van der Waals surface area contributed by atoms with Crippen molar-refractivity contribution in [2.45, 2.75) is 77.4 Å². The lowest BCUT2D eigenvalue weighted by Crippen LogP contribution is -2.48. The van der Waals surface area contributed by atoms with Crippen LogP contribution in [0, 0.1) is 5.92 Å². The lowest BCUT2D eigenvalue weighted by molar-refractivity contribution is -0.134. The third-order valence-electron chi connectivity index (χ3n) is 7.18. The van der Waals surface area contributed by atoms with Gasteiger partial charge >= 0.3 is 0 Å². The number of imidazole rings is 1. The highest BCUT2D eigenvalue weighted by Gasteiger charge is 2.31. The van der Waals surface area contributed by atoms with Gasteiger partial charge < -0.3 is 20.5 Å². The van der Waals surface area contributed by atoms with E-state index in [1.54, 1.807) is 0 Å². The summed E-state index contributed by atoms with van der Waals surface area (Å²) in [5.41, 5.74) is 2.85. The molecular formula is C30H39N5O3. The largest absolute Gasteiger partial charge is 0.345 e. The Morgan fingerprint density at radius 3 is 2.45 bits per heavy atom. The number of carbonyl (C=O) groups is 3. The molecule has 2 heterocycles. The first-order valence-electron chi connectivity index (χ1n) is 13.7. The molecule has 0 spiro atoms. The van der Waals surface area contributed by atoms with Gasteiger partial charge in [-0.15, -0.1) is 0 Å². The quantitative estimate of drug-likeness (QED) is 0.339. The number of nitrogens with zero attached hydrogens (tertiary/aromatic N) is 2. The van der Waals surface area contributed by atoms with Crippen LogP contribution in [0.2, 0.25) is 0 Å². The van der Waals surface area contributed by atoms with Crippen LogP contribution in [0.25, 0.3) is 11.0 Å². The van der Waals surface area contributed by atoms with Crippen LogP contribution in [0.3, 0.4) is 0 Å². The van der Waals surface area contributed by atoms with E-state index < -0.39 is 6.04 Å². The predicted molar refractivity (Wildman–Crippen MR) is 148 cm³/mol. The summed E-state index contributed by atoms with van der Waals surface area (Å²) in [6.07, 6.45) is 3.39. The molecule has 1 saturated heterocycles. The van der Waals surface area contributed by atoms with Crippen molar-refractivity contribution in [3.63, 3.8) is 0 Å². The Hall–Kier alpha value is -3.68. The Morgan fingerprint density at radius 1 is 0.974 bits per heavy atom. The molecule has 3 N–H and O–H groups in total. The van der Waals surface area contributed by atoms with Gasteiger partial charge in [0.15, 0.2) is 0 Å². The minimum atomic E-state index is -0.803. The minimum Gasteiger partial charge on any atom is -0.345 e. The fraction of sp³-hybridized carbons (Fsp3) is 0.467. The first-order chi connectivity index (χ1) is 18.3. The van der Waals surface area contributed by atoms with Gasteiger partial charge in [0.2, 0.25) is 17.7 Å². The summed E-state index contributed by atoms with van der Waals surface area (Å²) >= 11 is 0. The molecule has 1 aliphatic rings. The van der Waals surface area contributed by atoms with Crippen molar-refractivity contribution in [1.29, 1.82) is 0 Å². The standard InChI is InChI=1S/C30H39N5O3/c1-20(2)15-17-27(36)32-25(30(38)31-21(3)29-33-23-12-7-8-13-24(23)34-29)16-18-28(37)35-19-9-14-26(35)22-10-5-4-6-11-22/h4-8,10-13,20-21,25-26H,9,14-19H2,1-3H3,(H,31,38)(H,32,36)(H,33,34)/t21?,25-,26+/m0/s1. The van der Waals surface area contributed by atoms with Gasteiger partial charge in [0.1, 0.15) is 11.9 Å². The lowest BCUT2D eigenvalue weighted by Gasteiger charge is -2.26. The molecule has 0 saturated carbocycles. The van der Waals surface area contributed by atoms with E-state index in [1.807, 2.05) is 54.3 Å². The number of hydrogen-bond acceptors (Lipinski definition) is 4. The summed E-state index contributed by atoms with van der Waals surface area (Å²) in [6, 6.07) is 16.6. The van der Waals surface area contributed by atoms with Gasteiger partial charge in [-0.25, -0.2) is 4.98 Å². The van der Waals surface area contributed by atoms with Crippen LogP contribution >= 0.6 is 0 Å². The molecule has 1 unspecified atom stereocenters. The summed E-state index contributed by atoms with van der Waals surface area (Å²) in [5, 5.41) is 5.88. The number of hydrogen-bond donors (Lipinski definition) is 3. The number of aromatic nitrogens is 2. The summed E-state index contributed by atoms with van der Waals surface area (Å²) in [6.45, 7) is 6.68. The molecule has 4 rings (SSSR count). The number of amides is 3. The van der Waals surface area contributed by atoms with E-state index in [1.165, 1.54) is 0 Å². The van der Waals surface area contributed by atoms with Gasteiger partial charge in [0, 0.05) is 19.4 Å². The molecule has 1 aliphatic heterocycles. The molecule has 1 aromatic heterocycles. The van der Waals surface area contributed by atoms with E-state index in [-0.39, 0.29) is 42.6 Å². The van der Waals surface area contributed by atoms with Crippen molar-refractivity contribution in [1.82, 2.24) is 25.5 Å². The summed E-state index contributed by atoms with van der Waals surface area (Å²) < 4.78 is 0. The Kier molecular flexibility index (Phi) is 9.15. The van der Waals surface area contributed by atoms with Gasteiger partial charge in [-0.3, -0.25) is 14.4 Å². The zero-order chi connectivity index (χ0) is 27.1. The topological polar surface area (TPSA) is 107 Å². The number of nitrogens with one attached hydrogen (secondary N) is 3. The normalized spacial score (nSPS) is 16.9. The fourth-order valence-electron chi connectivity index (χ4n) is 5.01. The van der Waals surface area contributed by atoms with Gasteiger partial charge in [0.05, 0.1) is 23.1 Å². The predicted octanol–water partition coefficient (Wildman–Crippen LogP) is 4.81. The molecule has 3 amide bonds. The summed E-state index contributed by atoms with van der Waals surface area (Å²) in [4.78, 5) is 49.0. The maximum atomic E-state index is 13.3. The van der Waals surface area contributed by atoms with Crippen molar-refractivity contribution in [2.75, 3.05) is 6.54 Å². The average molecular weight is 518 g/mol. The van der Waals surface area contributed by atoms with E-state index >= 15 is 0 Å². The SMILES string of the molecule is CC(C)CCC(=O)N[C@@H](CCC(=O)N1CCC[C@@H]1c1ccccc1)C(=O)NC(C)c1nc2ccccc2[nH]1. The van der Waals surface area contributed by atoms with Gasteiger partial charge in [-0.1, -0.05) is 56.3 Å². The second-order valence-corrected chi connectivity index (χ2v) is 10.6. The van der Waals surface area contributed by atoms with Crippen LogP contribution in [0.15, 0.2) is 54.6 Å². The van der Waals surface area contributed by atoms with Crippen molar-refractivity contribution >= 4 is 28.8 Å². The Morgan fingerprint density at radius 2 is 1.71 bits per heavy atom. The minimum absolute atomic E-state index is 0.0101. The van der Waals surface area contributed by atoms with E-state index in [2.05, 4.69) is 46.6 Å². The molecule has 0 bridgehead atoms. The van der Waals surface area contributed by atoms with E-state index in [0.29, 0.717) is 24.7 Å². The maximum Gasteiger partial charge on any atom is 0.243 e. The molecule has 8 nitrogen and oxygen atoms in total. The Labute approximate surface area is 224 Å². The summed E-state index contributed by atoms with van der Waals surface area (Å²) in [5.74, 6) is 0.544. The molecule has 202 valence electrons. The molecule has 1 fully saturated rings. The van der Waals surface area contributed by atoms with Crippen molar-refractivity contribution < 1.29 is 14.4 Å². The van der Waals surface area contributed by atoms with Gasteiger partial charge in [0.25, 0.3) is 0 Å². The van der Waals surface area contributed by atoms with Crippen LogP contribution < -0.4 is 10.6 Å². The molecule has 8 heteroatoms. The number of fused-ring (bicyclic) bond motifs is 1. The number of benzene rings is 2. The molecule has 0 radical (unpaired) electrons. The number of likely N-dealkylation sites (tertiary alicyclic amines) is 1. The van der Waals surface area contributed by atoms with Crippen LogP contribution in [0.4, 0.5) is 0 Å². The molecule has 2 aromatic carbocycles. The first kappa shape index (κ1) is 27.4. The highest BCUT2D eigenvalue weighted by atomic mass is 16.2. The smallest absolute Gasteiger partial charge is 0.243 e. The first-order valence-corrected chi connectivity index (χ1v) is 13.7. The van der Waals surface area contributed by atoms with Crippen molar-refractivity contribution in [3.8, 4) is 0 Å². The number of aromatic amines is 1. The third-order valence-corrected chi connectivity index (χ3v) is 7.18. The van der Waals surface area contributed by atoms with Crippen molar-refractivity contribution in [3.05, 3.63) is 66.0 Å². The zero-order valence-electron chi connectivity index (χ0n) is 22.6. The van der Waals surface area contributed by atoms with Crippen LogP contribution in [-0.4, -0.2) is 45.2 Å². The second-order valence-electron chi connectivity index (χ2n) is 10.6.